The van der Waals surface area contributed by atoms with Gasteiger partial charge in [-0.25, -0.2) is 0 Å². The van der Waals surface area contributed by atoms with E-state index in [1.54, 1.807) is 0 Å². The molecule has 1 aromatic heterocycles. The Hall–Kier alpha value is -2.26. The monoisotopic (exact) mass is 389 g/mol. The van der Waals surface area contributed by atoms with Gasteiger partial charge in [-0.1, -0.05) is 36.8 Å². The van der Waals surface area contributed by atoms with Gasteiger partial charge in [-0.2, -0.15) is 0 Å². The first-order valence-corrected chi connectivity index (χ1v) is 11.0. The fourth-order valence-corrected chi connectivity index (χ4v) is 5.22. The van der Waals surface area contributed by atoms with E-state index >= 15 is 0 Å². The highest BCUT2D eigenvalue weighted by molar-refractivity contribution is 6.06. The molecule has 1 atom stereocenters. The van der Waals surface area contributed by atoms with E-state index in [1.807, 2.05) is 0 Å². The molecule has 0 bridgehead atoms. The first-order chi connectivity index (χ1) is 13.8. The van der Waals surface area contributed by atoms with Crippen molar-refractivity contribution in [1.82, 2.24) is 9.47 Å². The Morgan fingerprint density at radius 1 is 1.07 bits per heavy atom. The summed E-state index contributed by atoms with van der Waals surface area (Å²) in [5, 5.41) is 1.42. The number of hydrogen-bond acceptors (Lipinski definition) is 2. The van der Waals surface area contributed by atoms with Crippen molar-refractivity contribution in [3.05, 3.63) is 52.7 Å². The summed E-state index contributed by atoms with van der Waals surface area (Å²) in [6, 6.07) is 12.0. The molecule has 0 radical (unpaired) electrons. The molecule has 2 aromatic carbocycles. The third-order valence-corrected chi connectivity index (χ3v) is 6.59. The Morgan fingerprint density at radius 3 is 2.38 bits per heavy atom. The van der Waals surface area contributed by atoms with Gasteiger partial charge in [-0.3, -0.25) is 0 Å². The van der Waals surface area contributed by atoms with E-state index in [-0.39, 0.29) is 0 Å². The summed E-state index contributed by atoms with van der Waals surface area (Å²) in [6.45, 7) is 14.7. The van der Waals surface area contributed by atoms with Crippen molar-refractivity contribution in [3.63, 3.8) is 0 Å². The van der Waals surface area contributed by atoms with Gasteiger partial charge in [0.25, 0.3) is 0 Å². The van der Waals surface area contributed by atoms with Crippen LogP contribution >= 0.6 is 0 Å². The van der Waals surface area contributed by atoms with E-state index in [0.717, 1.165) is 26.1 Å². The van der Waals surface area contributed by atoms with Crippen molar-refractivity contribution in [2.24, 2.45) is 0 Å². The lowest BCUT2D eigenvalue weighted by molar-refractivity contribution is 0.404. The Kier molecular flexibility index (Phi) is 5.20. The zero-order valence-electron chi connectivity index (χ0n) is 19.1. The number of likely N-dealkylation sites (N-methyl/N-ethyl adjacent to an activating group) is 1. The summed E-state index contributed by atoms with van der Waals surface area (Å²) in [5.41, 5.74) is 11.3. The van der Waals surface area contributed by atoms with Gasteiger partial charge in [-0.05, 0) is 76.5 Å². The molecular weight excluding hydrogens is 354 g/mol. The average Bonchev–Trinajstić information content (AvgIpc) is 3.02. The number of rotatable bonds is 5. The number of hydrogen-bond donors (Lipinski definition) is 0. The van der Waals surface area contributed by atoms with Crippen molar-refractivity contribution in [2.45, 2.75) is 47.1 Å². The number of anilines is 1. The topological polar surface area (TPSA) is 11.4 Å². The minimum Gasteiger partial charge on any atom is -0.366 e. The molecule has 0 spiro atoms. The summed E-state index contributed by atoms with van der Waals surface area (Å²) < 4.78 is 2.58. The van der Waals surface area contributed by atoms with Crippen LogP contribution < -0.4 is 4.90 Å². The molecule has 0 N–H and O–H groups in total. The third-order valence-electron chi connectivity index (χ3n) is 6.59. The molecule has 0 fully saturated rings. The normalized spacial score (nSPS) is 16.3. The van der Waals surface area contributed by atoms with E-state index in [0.29, 0.717) is 6.04 Å². The number of aryl methyl sites for hydroxylation is 2. The van der Waals surface area contributed by atoms with Gasteiger partial charge in [0.15, 0.2) is 0 Å². The summed E-state index contributed by atoms with van der Waals surface area (Å²) in [7, 11) is 4.33. The molecule has 0 saturated heterocycles. The summed E-state index contributed by atoms with van der Waals surface area (Å²) in [5.74, 6) is 0. The largest absolute Gasteiger partial charge is 0.366 e. The highest BCUT2D eigenvalue weighted by atomic mass is 15.2. The van der Waals surface area contributed by atoms with Crippen molar-refractivity contribution < 1.29 is 0 Å². The van der Waals surface area contributed by atoms with Crippen molar-refractivity contribution >= 4 is 16.6 Å². The number of benzene rings is 2. The standard InChI is InChI=1S/C26H35N3/c1-8-22-20(5)25-26-23(24(22)21-11-9-17(2)10-12-21)15-18(3)29(26)19(4)16-28(25)14-13-27(6)7/h9-12,15,19H,8,13-14,16H2,1-7H3. The van der Waals surface area contributed by atoms with Crippen molar-refractivity contribution in [2.75, 3.05) is 38.6 Å². The zero-order valence-corrected chi connectivity index (χ0v) is 19.1. The molecule has 2 heterocycles. The second-order valence-corrected chi connectivity index (χ2v) is 9.06. The van der Waals surface area contributed by atoms with Gasteiger partial charge in [0.1, 0.15) is 0 Å². The molecule has 1 aliphatic rings. The lowest BCUT2D eigenvalue weighted by atomic mass is 9.88. The molecule has 4 rings (SSSR count). The molecule has 0 saturated carbocycles. The quantitative estimate of drug-likeness (QED) is 0.551. The minimum absolute atomic E-state index is 0.486. The second kappa shape index (κ2) is 7.53. The molecule has 3 heteroatoms. The van der Waals surface area contributed by atoms with E-state index in [9.17, 15) is 0 Å². The van der Waals surface area contributed by atoms with Gasteiger partial charge < -0.3 is 14.4 Å². The lowest BCUT2D eigenvalue weighted by Gasteiger charge is -2.38. The van der Waals surface area contributed by atoms with E-state index in [1.165, 1.54) is 50.1 Å². The van der Waals surface area contributed by atoms with E-state index in [2.05, 4.69) is 93.4 Å². The minimum atomic E-state index is 0.486. The predicted molar refractivity (Wildman–Crippen MR) is 126 cm³/mol. The Morgan fingerprint density at radius 2 is 1.76 bits per heavy atom. The highest BCUT2D eigenvalue weighted by Crippen LogP contribution is 2.46. The van der Waals surface area contributed by atoms with Crippen LogP contribution in [-0.4, -0.2) is 43.2 Å². The molecule has 1 unspecified atom stereocenters. The molecule has 3 aromatic rings. The molecule has 3 nitrogen and oxygen atoms in total. The van der Waals surface area contributed by atoms with Gasteiger partial charge in [0, 0.05) is 36.8 Å². The Labute approximate surface area is 175 Å². The van der Waals surface area contributed by atoms with Crippen LogP contribution in [0.3, 0.4) is 0 Å². The Balaban J connectivity index is 2.03. The van der Waals surface area contributed by atoms with Crippen LogP contribution in [0, 0.1) is 20.8 Å². The first kappa shape index (κ1) is 20.0. The highest BCUT2D eigenvalue weighted by Gasteiger charge is 2.30. The van der Waals surface area contributed by atoms with Crippen LogP contribution in [0.25, 0.3) is 22.0 Å². The van der Waals surface area contributed by atoms with Crippen molar-refractivity contribution in [3.8, 4) is 11.1 Å². The van der Waals surface area contributed by atoms with Crippen LogP contribution in [0.5, 0.6) is 0 Å². The lowest BCUT2D eigenvalue weighted by Crippen LogP contribution is -2.39. The Bertz CT molecular complexity index is 1040. The molecule has 154 valence electrons. The van der Waals surface area contributed by atoms with E-state index in [4.69, 9.17) is 0 Å². The van der Waals surface area contributed by atoms with Gasteiger partial charge in [0.05, 0.1) is 11.2 Å². The average molecular weight is 390 g/mol. The van der Waals surface area contributed by atoms with Crippen LogP contribution in [0.1, 0.15) is 42.3 Å². The maximum Gasteiger partial charge on any atom is 0.0732 e. The van der Waals surface area contributed by atoms with Crippen LogP contribution in [-0.2, 0) is 6.42 Å². The van der Waals surface area contributed by atoms with Gasteiger partial charge >= 0.3 is 0 Å². The molecule has 1 aliphatic heterocycles. The SMILES string of the molecule is CCc1c(C)c2c3c(cc(C)n3C(C)CN2CCN(C)C)c1-c1ccc(C)cc1. The van der Waals surface area contributed by atoms with E-state index < -0.39 is 0 Å². The maximum atomic E-state index is 2.64. The first-order valence-electron chi connectivity index (χ1n) is 11.0. The molecular formula is C26H35N3. The number of aromatic nitrogens is 1. The van der Waals surface area contributed by atoms with Crippen LogP contribution in [0.15, 0.2) is 30.3 Å². The summed E-state index contributed by atoms with van der Waals surface area (Å²) >= 11 is 0. The maximum absolute atomic E-state index is 2.64. The van der Waals surface area contributed by atoms with Crippen LogP contribution in [0.2, 0.25) is 0 Å². The predicted octanol–water partition coefficient (Wildman–Crippen LogP) is 5.74. The van der Waals surface area contributed by atoms with Crippen molar-refractivity contribution in [1.29, 1.82) is 0 Å². The fourth-order valence-electron chi connectivity index (χ4n) is 5.22. The summed E-state index contributed by atoms with van der Waals surface area (Å²) in [4.78, 5) is 4.93. The molecule has 0 aliphatic carbocycles. The van der Waals surface area contributed by atoms with Gasteiger partial charge in [0.2, 0.25) is 0 Å². The zero-order chi connectivity index (χ0) is 20.9. The third kappa shape index (κ3) is 3.26. The van der Waals surface area contributed by atoms with Crippen LogP contribution in [0.4, 0.5) is 5.69 Å². The second-order valence-electron chi connectivity index (χ2n) is 9.06. The number of nitrogens with zero attached hydrogens (tertiary/aromatic N) is 3. The molecule has 29 heavy (non-hydrogen) atoms. The van der Waals surface area contributed by atoms with Gasteiger partial charge in [-0.15, -0.1) is 0 Å². The summed E-state index contributed by atoms with van der Waals surface area (Å²) in [6.07, 6.45) is 1.05. The molecule has 0 amide bonds. The smallest absolute Gasteiger partial charge is 0.0732 e. The fraction of sp³-hybridized carbons (Fsp3) is 0.462.